The second-order valence-electron chi connectivity index (χ2n) is 8.77. The molecular weight excluding hydrogens is 432 g/mol. The van der Waals surface area contributed by atoms with Crippen LogP contribution in [0.3, 0.4) is 0 Å². The molecule has 0 atom stereocenters. The van der Waals surface area contributed by atoms with Crippen LogP contribution in [0.25, 0.3) is 0 Å². The molecule has 1 saturated carbocycles. The van der Waals surface area contributed by atoms with Crippen LogP contribution < -0.4 is 16.0 Å². The molecule has 1 aliphatic heterocycles. The van der Waals surface area contributed by atoms with Crippen molar-refractivity contribution in [3.05, 3.63) is 59.7 Å². The molecule has 34 heavy (non-hydrogen) atoms. The van der Waals surface area contributed by atoms with Gasteiger partial charge in [0.25, 0.3) is 11.8 Å². The molecule has 0 radical (unpaired) electrons. The van der Waals surface area contributed by atoms with Gasteiger partial charge in [0.05, 0.1) is 19.8 Å². The fraction of sp³-hybridized carbons (Fsp3) is 0.423. The highest BCUT2D eigenvalue weighted by molar-refractivity contribution is 5.98. The maximum atomic E-state index is 12.6. The van der Waals surface area contributed by atoms with Gasteiger partial charge in [-0.15, -0.1) is 0 Å². The number of morpholine rings is 1. The monoisotopic (exact) mass is 464 g/mol. The second-order valence-corrected chi connectivity index (χ2v) is 8.77. The van der Waals surface area contributed by atoms with Crippen LogP contribution in [0.2, 0.25) is 0 Å². The molecule has 2 aromatic rings. The molecule has 1 heterocycles. The van der Waals surface area contributed by atoms with Gasteiger partial charge in [0, 0.05) is 41.6 Å². The zero-order chi connectivity index (χ0) is 23.8. The van der Waals surface area contributed by atoms with E-state index < -0.39 is 0 Å². The van der Waals surface area contributed by atoms with Gasteiger partial charge in [-0.1, -0.05) is 25.3 Å². The summed E-state index contributed by atoms with van der Waals surface area (Å²) in [6, 6.07) is 14.3. The predicted octanol–water partition coefficient (Wildman–Crippen LogP) is 3.27. The van der Waals surface area contributed by atoms with Gasteiger partial charge in [0.15, 0.2) is 0 Å². The molecule has 180 valence electrons. The number of hydrogen-bond donors (Lipinski definition) is 3. The Bertz CT molecular complexity index is 996. The minimum atomic E-state index is -0.224. The minimum Gasteiger partial charge on any atom is -0.378 e. The molecule has 3 N–H and O–H groups in total. The molecule has 0 unspecified atom stereocenters. The highest BCUT2D eigenvalue weighted by Gasteiger charge is 2.19. The highest BCUT2D eigenvalue weighted by Crippen LogP contribution is 2.19. The molecule has 4 rings (SSSR count). The Balaban J connectivity index is 1.25. The molecule has 0 spiro atoms. The van der Waals surface area contributed by atoms with E-state index in [9.17, 15) is 14.4 Å². The van der Waals surface area contributed by atoms with E-state index in [0.29, 0.717) is 43.1 Å². The summed E-state index contributed by atoms with van der Waals surface area (Å²) in [5.74, 6) is -0.342. The van der Waals surface area contributed by atoms with Crippen molar-refractivity contribution in [3.8, 4) is 0 Å². The lowest BCUT2D eigenvalue weighted by molar-refractivity contribution is -0.114. The molecule has 8 nitrogen and oxygen atoms in total. The van der Waals surface area contributed by atoms with Crippen molar-refractivity contribution in [3.63, 3.8) is 0 Å². The standard InChI is InChI=1S/C26H32N4O4/c31-24(18-27-21-11-9-19(10-12-21)26(33)30-13-15-34-16-14-30)28-23-8-4-5-20(17-23)25(32)29-22-6-2-1-3-7-22/h4-5,8-12,17,22,27H,1-3,6-7,13-16,18H2,(H,28,31)(H,29,32). The number of amides is 3. The van der Waals surface area contributed by atoms with Crippen LogP contribution in [0.4, 0.5) is 11.4 Å². The Morgan fingerprint density at radius 3 is 2.35 bits per heavy atom. The molecule has 1 saturated heterocycles. The van der Waals surface area contributed by atoms with Crippen LogP contribution in [0, 0.1) is 0 Å². The average Bonchev–Trinajstić information content (AvgIpc) is 2.88. The van der Waals surface area contributed by atoms with E-state index in [1.165, 1.54) is 6.42 Å². The fourth-order valence-corrected chi connectivity index (χ4v) is 4.32. The van der Waals surface area contributed by atoms with E-state index in [0.717, 1.165) is 31.4 Å². The summed E-state index contributed by atoms with van der Waals surface area (Å²) >= 11 is 0. The van der Waals surface area contributed by atoms with Gasteiger partial charge < -0.3 is 25.6 Å². The number of nitrogens with one attached hydrogen (secondary N) is 3. The topological polar surface area (TPSA) is 99.8 Å². The van der Waals surface area contributed by atoms with Crippen LogP contribution >= 0.6 is 0 Å². The molecule has 2 aromatic carbocycles. The lowest BCUT2D eigenvalue weighted by atomic mass is 9.95. The van der Waals surface area contributed by atoms with Crippen molar-refractivity contribution < 1.29 is 19.1 Å². The SMILES string of the molecule is O=C(CNc1ccc(C(=O)N2CCOCC2)cc1)Nc1cccc(C(=O)NC2CCCCC2)c1. The van der Waals surface area contributed by atoms with Crippen LogP contribution in [-0.4, -0.2) is 61.5 Å². The molecule has 0 bridgehead atoms. The van der Waals surface area contributed by atoms with Gasteiger partial charge in [-0.05, 0) is 55.3 Å². The first-order valence-corrected chi connectivity index (χ1v) is 12.0. The highest BCUT2D eigenvalue weighted by atomic mass is 16.5. The fourth-order valence-electron chi connectivity index (χ4n) is 4.32. The largest absolute Gasteiger partial charge is 0.378 e. The Labute approximate surface area is 200 Å². The molecular formula is C26H32N4O4. The third kappa shape index (κ3) is 6.57. The van der Waals surface area contributed by atoms with Gasteiger partial charge in [0.2, 0.25) is 5.91 Å². The lowest BCUT2D eigenvalue weighted by Crippen LogP contribution is -2.40. The van der Waals surface area contributed by atoms with E-state index in [4.69, 9.17) is 4.74 Å². The van der Waals surface area contributed by atoms with Gasteiger partial charge >= 0.3 is 0 Å². The maximum Gasteiger partial charge on any atom is 0.254 e. The molecule has 8 heteroatoms. The third-order valence-electron chi connectivity index (χ3n) is 6.23. The number of anilines is 2. The summed E-state index contributed by atoms with van der Waals surface area (Å²) < 4.78 is 5.29. The first-order valence-electron chi connectivity index (χ1n) is 12.0. The zero-order valence-corrected chi connectivity index (χ0v) is 19.3. The first kappa shape index (κ1) is 23.8. The van der Waals surface area contributed by atoms with E-state index >= 15 is 0 Å². The number of carbonyl (C=O) groups excluding carboxylic acids is 3. The smallest absolute Gasteiger partial charge is 0.254 e. The molecule has 0 aromatic heterocycles. The van der Waals surface area contributed by atoms with Crippen LogP contribution in [-0.2, 0) is 9.53 Å². The summed E-state index contributed by atoms with van der Waals surface area (Å²) in [6.07, 6.45) is 5.59. The third-order valence-corrected chi connectivity index (χ3v) is 6.23. The van der Waals surface area contributed by atoms with Gasteiger partial charge in [0.1, 0.15) is 0 Å². The summed E-state index contributed by atoms with van der Waals surface area (Å²) in [6.45, 7) is 2.39. The number of carbonyl (C=O) groups is 3. The number of hydrogen-bond acceptors (Lipinski definition) is 5. The van der Waals surface area contributed by atoms with Gasteiger partial charge in [-0.3, -0.25) is 14.4 Å². The molecule has 1 aliphatic carbocycles. The number of ether oxygens (including phenoxy) is 1. The predicted molar refractivity (Wildman–Crippen MR) is 131 cm³/mol. The first-order chi connectivity index (χ1) is 16.6. The summed E-state index contributed by atoms with van der Waals surface area (Å²) in [5, 5.41) is 8.99. The Kier molecular flexibility index (Phi) is 8.14. The molecule has 3 amide bonds. The average molecular weight is 465 g/mol. The van der Waals surface area contributed by atoms with Gasteiger partial charge in [-0.2, -0.15) is 0 Å². The minimum absolute atomic E-state index is 0.0139. The van der Waals surface area contributed by atoms with Crippen molar-refractivity contribution in [2.45, 2.75) is 38.1 Å². The number of nitrogens with zero attached hydrogens (tertiary/aromatic N) is 1. The van der Waals surface area contributed by atoms with Crippen molar-refractivity contribution >= 4 is 29.1 Å². The quantitative estimate of drug-likeness (QED) is 0.584. The van der Waals surface area contributed by atoms with Crippen molar-refractivity contribution in [1.29, 1.82) is 0 Å². The lowest BCUT2D eigenvalue weighted by Gasteiger charge is -2.26. The zero-order valence-electron chi connectivity index (χ0n) is 19.3. The molecule has 2 aliphatic rings. The van der Waals surface area contributed by atoms with E-state index in [-0.39, 0.29) is 30.3 Å². The van der Waals surface area contributed by atoms with Crippen LogP contribution in [0.1, 0.15) is 52.8 Å². The number of rotatable bonds is 7. The van der Waals surface area contributed by atoms with E-state index in [2.05, 4.69) is 16.0 Å². The van der Waals surface area contributed by atoms with Crippen molar-refractivity contribution in [2.75, 3.05) is 43.5 Å². The van der Waals surface area contributed by atoms with E-state index in [1.54, 1.807) is 53.4 Å². The van der Waals surface area contributed by atoms with E-state index in [1.807, 2.05) is 0 Å². The Morgan fingerprint density at radius 2 is 1.62 bits per heavy atom. The summed E-state index contributed by atoms with van der Waals surface area (Å²) in [7, 11) is 0. The molecule has 2 fully saturated rings. The second kappa shape index (κ2) is 11.7. The Hall–Kier alpha value is -3.39. The number of benzene rings is 2. The summed E-state index contributed by atoms with van der Waals surface area (Å²) in [4.78, 5) is 39.3. The normalized spacial score (nSPS) is 16.5. The van der Waals surface area contributed by atoms with Crippen LogP contribution in [0.5, 0.6) is 0 Å². The van der Waals surface area contributed by atoms with Crippen LogP contribution in [0.15, 0.2) is 48.5 Å². The van der Waals surface area contributed by atoms with Gasteiger partial charge in [-0.25, -0.2) is 0 Å². The maximum absolute atomic E-state index is 12.6. The Morgan fingerprint density at radius 1 is 0.882 bits per heavy atom. The van der Waals surface area contributed by atoms with Crippen molar-refractivity contribution in [1.82, 2.24) is 10.2 Å². The summed E-state index contributed by atoms with van der Waals surface area (Å²) in [5.41, 5.74) is 2.47. The van der Waals surface area contributed by atoms with Crippen molar-refractivity contribution in [2.24, 2.45) is 0 Å².